The molecule has 1 saturated heterocycles. The van der Waals surface area contributed by atoms with Crippen LogP contribution in [-0.4, -0.2) is 17.4 Å². The van der Waals surface area contributed by atoms with Crippen molar-refractivity contribution in [3.8, 4) is 0 Å². The number of nitrogen functional groups attached to an aromatic ring is 1. The van der Waals surface area contributed by atoms with Crippen LogP contribution in [0.2, 0.25) is 5.02 Å². The van der Waals surface area contributed by atoms with Crippen molar-refractivity contribution in [1.82, 2.24) is 4.90 Å². The van der Waals surface area contributed by atoms with Crippen molar-refractivity contribution in [2.75, 3.05) is 12.3 Å². The van der Waals surface area contributed by atoms with Crippen molar-refractivity contribution in [1.29, 1.82) is 0 Å². The molecule has 0 saturated carbocycles. The van der Waals surface area contributed by atoms with Gasteiger partial charge in [0.25, 0.3) is 0 Å². The highest BCUT2D eigenvalue weighted by molar-refractivity contribution is 6.30. The van der Waals surface area contributed by atoms with Gasteiger partial charge in [0, 0.05) is 17.3 Å². The predicted octanol–water partition coefficient (Wildman–Crippen LogP) is 3.83. The molecule has 2 N–H and O–H groups in total. The Morgan fingerprint density at radius 1 is 1.23 bits per heavy atom. The monoisotopic (exact) mass is 314 g/mol. The van der Waals surface area contributed by atoms with Crippen LogP contribution < -0.4 is 5.73 Å². The maximum Gasteiger partial charge on any atom is 0.227 e. The third kappa shape index (κ3) is 3.25. The number of carbonyl (C=O) groups is 1. The first-order valence-corrected chi connectivity index (χ1v) is 7.90. The van der Waals surface area contributed by atoms with Crippen molar-refractivity contribution in [3.05, 3.63) is 64.7 Å². The van der Waals surface area contributed by atoms with Gasteiger partial charge in [-0.3, -0.25) is 4.79 Å². The van der Waals surface area contributed by atoms with Gasteiger partial charge in [0.15, 0.2) is 0 Å². The van der Waals surface area contributed by atoms with Crippen LogP contribution in [0.4, 0.5) is 5.69 Å². The number of hydrogen-bond donors (Lipinski definition) is 1. The van der Waals surface area contributed by atoms with E-state index in [1.807, 2.05) is 53.4 Å². The van der Waals surface area contributed by atoms with Gasteiger partial charge in [0.2, 0.25) is 5.91 Å². The van der Waals surface area contributed by atoms with E-state index in [1.54, 1.807) is 0 Å². The number of carbonyl (C=O) groups excluding carboxylic acids is 1. The molecule has 3 nitrogen and oxygen atoms in total. The minimum atomic E-state index is 0.139. The first-order valence-electron chi connectivity index (χ1n) is 7.53. The Kier molecular flexibility index (Phi) is 4.34. The lowest BCUT2D eigenvalue weighted by molar-refractivity contribution is -0.131. The van der Waals surface area contributed by atoms with Crippen LogP contribution in [-0.2, 0) is 11.2 Å². The molecule has 1 aliphatic heterocycles. The Labute approximate surface area is 135 Å². The number of halogens is 1. The molecule has 1 atom stereocenters. The highest BCUT2D eigenvalue weighted by atomic mass is 35.5. The van der Waals surface area contributed by atoms with Crippen LogP contribution in [0.1, 0.15) is 30.0 Å². The van der Waals surface area contributed by atoms with E-state index in [2.05, 4.69) is 0 Å². The van der Waals surface area contributed by atoms with Crippen molar-refractivity contribution in [2.45, 2.75) is 25.3 Å². The van der Waals surface area contributed by atoms with Crippen LogP contribution in [0.3, 0.4) is 0 Å². The summed E-state index contributed by atoms with van der Waals surface area (Å²) >= 11 is 6.08. The van der Waals surface area contributed by atoms with Gasteiger partial charge in [-0.2, -0.15) is 0 Å². The summed E-state index contributed by atoms with van der Waals surface area (Å²) in [5.74, 6) is 0.159. The van der Waals surface area contributed by atoms with Crippen molar-refractivity contribution >= 4 is 23.2 Å². The SMILES string of the molecule is Nc1ccc(CC(=O)N2CCCC2c2cccc(Cl)c2)cc1. The average molecular weight is 315 g/mol. The molecule has 1 unspecified atom stereocenters. The number of benzene rings is 2. The van der Waals surface area contributed by atoms with Crippen molar-refractivity contribution in [2.24, 2.45) is 0 Å². The smallest absolute Gasteiger partial charge is 0.227 e. The molecule has 0 aromatic heterocycles. The van der Waals surface area contributed by atoms with Crippen molar-refractivity contribution in [3.63, 3.8) is 0 Å². The fraction of sp³-hybridized carbons (Fsp3) is 0.278. The molecule has 2 aromatic carbocycles. The van der Waals surface area contributed by atoms with Crippen LogP contribution in [0.5, 0.6) is 0 Å². The first kappa shape index (κ1) is 14.9. The molecule has 1 amide bonds. The second-order valence-electron chi connectivity index (χ2n) is 5.72. The summed E-state index contributed by atoms with van der Waals surface area (Å²) in [6, 6.07) is 15.4. The third-order valence-electron chi connectivity index (χ3n) is 4.14. The normalized spacial score (nSPS) is 17.7. The first-order chi connectivity index (χ1) is 10.6. The molecule has 114 valence electrons. The largest absolute Gasteiger partial charge is 0.399 e. The van der Waals surface area contributed by atoms with Gasteiger partial charge in [-0.1, -0.05) is 35.9 Å². The third-order valence-corrected chi connectivity index (χ3v) is 4.38. The summed E-state index contributed by atoms with van der Waals surface area (Å²) in [7, 11) is 0. The molecule has 1 heterocycles. The molecule has 0 radical (unpaired) electrons. The number of anilines is 1. The Bertz CT molecular complexity index is 669. The zero-order valence-corrected chi connectivity index (χ0v) is 13.1. The number of likely N-dealkylation sites (tertiary alicyclic amines) is 1. The van der Waals surface area contributed by atoms with Gasteiger partial charge in [0.05, 0.1) is 12.5 Å². The quantitative estimate of drug-likeness (QED) is 0.875. The molecular formula is C18H19ClN2O. The maximum atomic E-state index is 12.6. The molecule has 0 aliphatic carbocycles. The Balaban J connectivity index is 1.75. The summed E-state index contributed by atoms with van der Waals surface area (Å²) in [6.45, 7) is 0.811. The standard InChI is InChI=1S/C18H19ClN2O/c19-15-4-1-3-14(12-15)17-5-2-10-21(17)18(22)11-13-6-8-16(20)9-7-13/h1,3-4,6-9,12,17H,2,5,10-11,20H2. The van der Waals surface area contributed by atoms with E-state index in [1.165, 1.54) is 0 Å². The maximum absolute atomic E-state index is 12.6. The van der Waals surface area contributed by atoms with Gasteiger partial charge in [-0.25, -0.2) is 0 Å². The van der Waals surface area contributed by atoms with E-state index in [0.717, 1.165) is 35.5 Å². The summed E-state index contributed by atoms with van der Waals surface area (Å²) in [5, 5.41) is 0.718. The van der Waals surface area contributed by atoms with Crippen LogP contribution in [0, 0.1) is 0 Å². The summed E-state index contributed by atoms with van der Waals surface area (Å²) in [6.07, 6.45) is 2.44. The number of hydrogen-bond acceptors (Lipinski definition) is 2. The lowest BCUT2D eigenvalue weighted by atomic mass is 10.0. The minimum Gasteiger partial charge on any atom is -0.399 e. The van der Waals surface area contributed by atoms with Crippen molar-refractivity contribution < 1.29 is 4.79 Å². The number of rotatable bonds is 3. The van der Waals surface area contributed by atoms with Gasteiger partial charge in [0.1, 0.15) is 0 Å². The molecule has 1 fully saturated rings. The number of nitrogens with zero attached hydrogens (tertiary/aromatic N) is 1. The van der Waals surface area contributed by atoms with Gasteiger partial charge in [-0.15, -0.1) is 0 Å². The summed E-state index contributed by atoms with van der Waals surface area (Å²) in [4.78, 5) is 14.6. The van der Waals surface area contributed by atoms with Gasteiger partial charge >= 0.3 is 0 Å². The molecule has 1 aliphatic rings. The fourth-order valence-electron chi connectivity index (χ4n) is 3.04. The van der Waals surface area contributed by atoms with Crippen LogP contribution in [0.15, 0.2) is 48.5 Å². The summed E-state index contributed by atoms with van der Waals surface area (Å²) in [5.41, 5.74) is 8.52. The molecule has 0 spiro atoms. The molecule has 4 heteroatoms. The minimum absolute atomic E-state index is 0.139. The Morgan fingerprint density at radius 3 is 2.73 bits per heavy atom. The lowest BCUT2D eigenvalue weighted by Crippen LogP contribution is -2.31. The fourth-order valence-corrected chi connectivity index (χ4v) is 3.24. The van der Waals surface area contributed by atoms with Crippen LogP contribution in [0.25, 0.3) is 0 Å². The molecule has 3 rings (SSSR count). The average Bonchev–Trinajstić information content (AvgIpc) is 2.99. The molecular weight excluding hydrogens is 296 g/mol. The van der Waals surface area contributed by atoms with E-state index < -0.39 is 0 Å². The molecule has 0 bridgehead atoms. The highest BCUT2D eigenvalue weighted by Gasteiger charge is 2.29. The second kappa shape index (κ2) is 6.41. The lowest BCUT2D eigenvalue weighted by Gasteiger charge is -2.25. The van der Waals surface area contributed by atoms with E-state index in [4.69, 9.17) is 17.3 Å². The van der Waals surface area contributed by atoms with E-state index in [9.17, 15) is 4.79 Å². The zero-order valence-electron chi connectivity index (χ0n) is 12.3. The Hall–Kier alpha value is -2.00. The molecule has 22 heavy (non-hydrogen) atoms. The molecule has 2 aromatic rings. The van der Waals surface area contributed by atoms with Gasteiger partial charge < -0.3 is 10.6 Å². The van der Waals surface area contributed by atoms with Gasteiger partial charge in [-0.05, 0) is 48.2 Å². The second-order valence-corrected chi connectivity index (χ2v) is 6.15. The highest BCUT2D eigenvalue weighted by Crippen LogP contribution is 2.33. The van der Waals surface area contributed by atoms with E-state index in [-0.39, 0.29) is 11.9 Å². The number of nitrogens with two attached hydrogens (primary N) is 1. The Morgan fingerprint density at radius 2 is 2.00 bits per heavy atom. The topological polar surface area (TPSA) is 46.3 Å². The van der Waals surface area contributed by atoms with E-state index in [0.29, 0.717) is 12.1 Å². The van der Waals surface area contributed by atoms with E-state index >= 15 is 0 Å². The van der Waals surface area contributed by atoms with Crippen LogP contribution >= 0.6 is 11.6 Å². The number of amides is 1. The zero-order chi connectivity index (χ0) is 15.5. The summed E-state index contributed by atoms with van der Waals surface area (Å²) < 4.78 is 0. The predicted molar refractivity (Wildman–Crippen MR) is 89.7 cm³/mol.